The number of imide groups is 1. The number of benzene rings is 1. The maximum atomic E-state index is 12.6. The zero-order valence-electron chi connectivity index (χ0n) is 19.2. The first kappa shape index (κ1) is 23.7. The molecule has 0 atom stereocenters. The van der Waals surface area contributed by atoms with Crippen molar-refractivity contribution in [3.8, 4) is 0 Å². The molecule has 3 rings (SSSR count). The van der Waals surface area contributed by atoms with E-state index in [9.17, 15) is 18.0 Å². The fourth-order valence-electron chi connectivity index (χ4n) is 4.07. The van der Waals surface area contributed by atoms with Crippen molar-refractivity contribution in [2.24, 2.45) is 11.8 Å². The molecule has 0 saturated heterocycles. The molecule has 1 aliphatic carbocycles. The summed E-state index contributed by atoms with van der Waals surface area (Å²) in [5.74, 6) is 0.238. The summed E-state index contributed by atoms with van der Waals surface area (Å²) < 4.78 is 26.8. The number of carbonyl (C=O) groups excluding carboxylic acids is 2. The monoisotopic (exact) mass is 449 g/mol. The highest BCUT2D eigenvalue weighted by atomic mass is 32.2. The molecular weight excluding hydrogens is 414 g/mol. The normalized spacial score (nSPS) is 22.2. The molecule has 1 aromatic carbocycles. The minimum absolute atomic E-state index is 0.00366. The Kier molecular flexibility index (Phi) is 6.81. The summed E-state index contributed by atoms with van der Waals surface area (Å²) in [5, 5.41) is 3.40. The van der Waals surface area contributed by atoms with Gasteiger partial charge in [0.2, 0.25) is 10.0 Å². The number of fused-ring (bicyclic) bond motifs is 1. The van der Waals surface area contributed by atoms with Crippen LogP contribution < -0.4 is 10.0 Å². The van der Waals surface area contributed by atoms with Crippen molar-refractivity contribution in [1.29, 1.82) is 0 Å². The summed E-state index contributed by atoms with van der Waals surface area (Å²) >= 11 is 0. The van der Waals surface area contributed by atoms with Crippen molar-refractivity contribution in [2.75, 3.05) is 18.4 Å². The number of anilines is 1. The number of rotatable bonds is 7. The smallest absolute Gasteiger partial charge is 0.261 e. The van der Waals surface area contributed by atoms with E-state index in [0.717, 1.165) is 37.9 Å². The van der Waals surface area contributed by atoms with Crippen LogP contribution in [0.25, 0.3) is 0 Å². The zero-order chi connectivity index (χ0) is 23.0. The number of carbonyl (C=O) groups is 2. The van der Waals surface area contributed by atoms with Gasteiger partial charge in [-0.1, -0.05) is 13.8 Å². The molecule has 2 aliphatic rings. The molecule has 172 valence electrons. The van der Waals surface area contributed by atoms with Crippen LogP contribution in [0.3, 0.4) is 0 Å². The van der Waals surface area contributed by atoms with Gasteiger partial charge in [-0.2, -0.15) is 0 Å². The van der Waals surface area contributed by atoms with Crippen LogP contribution in [0.1, 0.15) is 81.0 Å². The lowest BCUT2D eigenvalue weighted by Crippen LogP contribution is -2.46. The molecule has 1 saturated carbocycles. The molecule has 8 heteroatoms. The van der Waals surface area contributed by atoms with Crippen molar-refractivity contribution in [3.05, 3.63) is 29.3 Å². The van der Waals surface area contributed by atoms with E-state index in [2.05, 4.69) is 10.0 Å². The summed E-state index contributed by atoms with van der Waals surface area (Å²) in [5.41, 5.74) is 1.78. The van der Waals surface area contributed by atoms with Gasteiger partial charge in [-0.3, -0.25) is 14.5 Å². The molecule has 0 radical (unpaired) electrons. The number of amides is 2. The van der Waals surface area contributed by atoms with Crippen LogP contribution in [-0.4, -0.2) is 49.0 Å². The number of nitrogens with one attached hydrogen (secondary N) is 2. The molecule has 1 aromatic rings. The summed E-state index contributed by atoms with van der Waals surface area (Å²) in [6, 6.07) is 5.36. The first-order valence-corrected chi connectivity index (χ1v) is 12.6. The third kappa shape index (κ3) is 5.29. The Morgan fingerprint density at radius 3 is 2.23 bits per heavy atom. The second-order valence-electron chi connectivity index (χ2n) is 10.2. The van der Waals surface area contributed by atoms with Gasteiger partial charge < -0.3 is 5.32 Å². The van der Waals surface area contributed by atoms with Gasteiger partial charge in [0.25, 0.3) is 11.8 Å². The second kappa shape index (κ2) is 8.90. The van der Waals surface area contributed by atoms with E-state index in [1.54, 1.807) is 32.9 Å². The first-order valence-electron chi connectivity index (χ1n) is 11.1. The summed E-state index contributed by atoms with van der Waals surface area (Å²) in [7, 11) is -3.33. The Labute approximate surface area is 186 Å². The van der Waals surface area contributed by atoms with E-state index < -0.39 is 14.8 Å². The molecule has 2 amide bonds. The quantitative estimate of drug-likeness (QED) is 0.620. The fourth-order valence-corrected chi connectivity index (χ4v) is 5.10. The lowest BCUT2D eigenvalue weighted by molar-refractivity contribution is 0.0636. The van der Waals surface area contributed by atoms with E-state index in [1.165, 1.54) is 4.90 Å². The SMILES string of the molecule is CC(C)CN1C(=O)c2ccc(NCC3CCC(NS(=O)(=O)C(C)(C)C)CC3)cc2C1=O. The van der Waals surface area contributed by atoms with Crippen LogP contribution in [0.5, 0.6) is 0 Å². The maximum Gasteiger partial charge on any atom is 0.261 e. The largest absolute Gasteiger partial charge is 0.385 e. The molecule has 2 N–H and O–H groups in total. The molecule has 0 spiro atoms. The van der Waals surface area contributed by atoms with Crippen LogP contribution in [0.4, 0.5) is 5.69 Å². The van der Waals surface area contributed by atoms with Crippen molar-refractivity contribution >= 4 is 27.5 Å². The van der Waals surface area contributed by atoms with Gasteiger partial charge >= 0.3 is 0 Å². The number of sulfonamides is 1. The van der Waals surface area contributed by atoms with Gasteiger partial charge in [0, 0.05) is 24.8 Å². The van der Waals surface area contributed by atoms with Gasteiger partial charge in [0.15, 0.2) is 0 Å². The van der Waals surface area contributed by atoms with Gasteiger partial charge in [-0.05, 0) is 76.5 Å². The maximum absolute atomic E-state index is 12.6. The highest BCUT2D eigenvalue weighted by Crippen LogP contribution is 2.29. The Hall–Kier alpha value is -1.93. The van der Waals surface area contributed by atoms with E-state index in [1.807, 2.05) is 19.9 Å². The Morgan fingerprint density at radius 2 is 1.65 bits per heavy atom. The molecular formula is C23H35N3O4S. The van der Waals surface area contributed by atoms with Gasteiger partial charge in [-0.15, -0.1) is 0 Å². The minimum Gasteiger partial charge on any atom is -0.385 e. The van der Waals surface area contributed by atoms with Crippen molar-refractivity contribution in [2.45, 2.75) is 71.1 Å². The summed E-state index contributed by atoms with van der Waals surface area (Å²) in [4.78, 5) is 26.5. The molecule has 1 heterocycles. The molecule has 1 fully saturated rings. The molecule has 31 heavy (non-hydrogen) atoms. The lowest BCUT2D eigenvalue weighted by atomic mass is 9.86. The van der Waals surface area contributed by atoms with Gasteiger partial charge in [0.05, 0.1) is 15.9 Å². The predicted molar refractivity (Wildman–Crippen MR) is 123 cm³/mol. The average Bonchev–Trinajstić information content (AvgIpc) is 2.90. The molecule has 1 aliphatic heterocycles. The third-order valence-electron chi connectivity index (χ3n) is 6.09. The van der Waals surface area contributed by atoms with E-state index in [-0.39, 0.29) is 23.8 Å². The fraction of sp³-hybridized carbons (Fsp3) is 0.652. The Balaban J connectivity index is 1.53. The van der Waals surface area contributed by atoms with E-state index in [0.29, 0.717) is 23.6 Å². The molecule has 0 bridgehead atoms. The van der Waals surface area contributed by atoms with Crippen molar-refractivity contribution in [1.82, 2.24) is 9.62 Å². The third-order valence-corrected chi connectivity index (χ3v) is 8.34. The standard InChI is InChI=1S/C23H35N3O4S/c1-15(2)14-26-21(27)19-11-10-18(12-20(19)22(26)28)24-13-16-6-8-17(9-7-16)25-31(29,30)23(3,4)5/h10-12,15-17,24-25H,6-9,13-14H2,1-5H3. The number of hydrogen-bond donors (Lipinski definition) is 2. The zero-order valence-corrected chi connectivity index (χ0v) is 20.0. The van der Waals surface area contributed by atoms with Gasteiger partial charge in [0.1, 0.15) is 0 Å². The number of nitrogens with zero attached hydrogens (tertiary/aromatic N) is 1. The predicted octanol–water partition coefficient (Wildman–Crippen LogP) is 3.63. The van der Waals surface area contributed by atoms with E-state index in [4.69, 9.17) is 0 Å². The van der Waals surface area contributed by atoms with Crippen LogP contribution in [-0.2, 0) is 10.0 Å². The molecule has 0 unspecified atom stereocenters. The summed E-state index contributed by atoms with van der Waals surface area (Å²) in [6.45, 7) is 10.3. The van der Waals surface area contributed by atoms with Crippen LogP contribution in [0.15, 0.2) is 18.2 Å². The molecule has 0 aromatic heterocycles. The van der Waals surface area contributed by atoms with Crippen molar-refractivity contribution in [3.63, 3.8) is 0 Å². The van der Waals surface area contributed by atoms with Gasteiger partial charge in [-0.25, -0.2) is 13.1 Å². The van der Waals surface area contributed by atoms with E-state index >= 15 is 0 Å². The lowest BCUT2D eigenvalue weighted by Gasteiger charge is -2.31. The second-order valence-corrected chi connectivity index (χ2v) is 12.7. The van der Waals surface area contributed by atoms with Crippen LogP contribution >= 0.6 is 0 Å². The Morgan fingerprint density at radius 1 is 1.03 bits per heavy atom. The van der Waals surface area contributed by atoms with Crippen LogP contribution in [0.2, 0.25) is 0 Å². The topological polar surface area (TPSA) is 95.6 Å². The molecule has 7 nitrogen and oxygen atoms in total. The number of hydrogen-bond acceptors (Lipinski definition) is 5. The highest BCUT2D eigenvalue weighted by Gasteiger charge is 2.36. The minimum atomic E-state index is -3.33. The first-order chi connectivity index (χ1) is 14.4. The highest BCUT2D eigenvalue weighted by molar-refractivity contribution is 7.90. The average molecular weight is 450 g/mol. The van der Waals surface area contributed by atoms with Crippen LogP contribution in [0, 0.1) is 11.8 Å². The Bertz CT molecular complexity index is 942. The van der Waals surface area contributed by atoms with Crippen molar-refractivity contribution < 1.29 is 18.0 Å². The summed E-state index contributed by atoms with van der Waals surface area (Å²) in [6.07, 6.45) is 3.52.